The number of carbonyl (C=O) groups is 1. The minimum absolute atomic E-state index is 0.0353. The predicted molar refractivity (Wildman–Crippen MR) is 103 cm³/mol. The van der Waals surface area contributed by atoms with Crippen molar-refractivity contribution < 1.29 is 14.3 Å². The minimum Gasteiger partial charge on any atom is -0.506 e. The SMILES string of the molecule is CC(C)/C(=N\NC(=O)C1CCN(C)CC1)c1cc(Br)c(F)c(Br)c1O. The Kier molecular flexibility index (Phi) is 6.99. The monoisotopic (exact) mass is 477 g/mol. The number of carbonyl (C=O) groups excluding carboxylic acids is 1. The highest BCUT2D eigenvalue weighted by Gasteiger charge is 2.24. The van der Waals surface area contributed by atoms with Crippen LogP contribution in [0.4, 0.5) is 4.39 Å². The topological polar surface area (TPSA) is 64.9 Å². The molecule has 1 fully saturated rings. The van der Waals surface area contributed by atoms with Crippen molar-refractivity contribution in [1.82, 2.24) is 10.3 Å². The van der Waals surface area contributed by atoms with Crippen molar-refractivity contribution in [1.29, 1.82) is 0 Å². The molecule has 8 heteroatoms. The van der Waals surface area contributed by atoms with Gasteiger partial charge < -0.3 is 10.0 Å². The number of hydrogen-bond acceptors (Lipinski definition) is 4. The van der Waals surface area contributed by atoms with Crippen molar-refractivity contribution in [3.8, 4) is 5.75 Å². The molecule has 1 aliphatic heterocycles. The molecule has 1 aromatic carbocycles. The van der Waals surface area contributed by atoms with Crippen LogP contribution in [0.25, 0.3) is 0 Å². The second kappa shape index (κ2) is 8.60. The van der Waals surface area contributed by atoms with E-state index in [1.165, 1.54) is 6.07 Å². The summed E-state index contributed by atoms with van der Waals surface area (Å²) in [5.74, 6) is -1.08. The zero-order valence-corrected chi connectivity index (χ0v) is 17.6. The maximum Gasteiger partial charge on any atom is 0.243 e. The Balaban J connectivity index is 2.24. The number of piperidine rings is 1. The fraction of sp³-hybridized carbons (Fsp3) is 0.529. The molecule has 2 N–H and O–H groups in total. The van der Waals surface area contributed by atoms with Gasteiger partial charge in [-0.3, -0.25) is 4.79 Å². The van der Waals surface area contributed by atoms with E-state index in [1.807, 2.05) is 20.9 Å². The van der Waals surface area contributed by atoms with Crippen LogP contribution in [0.3, 0.4) is 0 Å². The molecule has 0 atom stereocenters. The summed E-state index contributed by atoms with van der Waals surface area (Å²) in [7, 11) is 2.04. The lowest BCUT2D eigenvalue weighted by Crippen LogP contribution is -2.37. The number of phenolic OH excluding ortho intramolecular Hbond substituents is 1. The van der Waals surface area contributed by atoms with Gasteiger partial charge in [-0.25, -0.2) is 9.82 Å². The molecule has 0 radical (unpaired) electrons. The third kappa shape index (κ3) is 4.80. The number of hydrogen-bond donors (Lipinski definition) is 2. The highest BCUT2D eigenvalue weighted by Crippen LogP contribution is 2.36. The average Bonchev–Trinajstić information content (AvgIpc) is 2.57. The molecule has 0 aromatic heterocycles. The summed E-state index contributed by atoms with van der Waals surface area (Å²) in [6.45, 7) is 5.56. The summed E-state index contributed by atoms with van der Waals surface area (Å²) in [5.41, 5.74) is 3.48. The van der Waals surface area contributed by atoms with Crippen LogP contribution < -0.4 is 5.43 Å². The number of aromatic hydroxyl groups is 1. The number of rotatable bonds is 4. The standard InChI is InChI=1S/C17H22Br2FN3O2/c1-9(2)15(11-8-12(18)14(20)13(19)16(11)24)21-22-17(25)10-4-6-23(3)7-5-10/h8-10,24H,4-7H2,1-3H3,(H,22,25)/b21-15+. The number of benzene rings is 1. The Morgan fingerprint density at radius 1 is 1.40 bits per heavy atom. The van der Waals surface area contributed by atoms with Crippen molar-refractivity contribution in [3.63, 3.8) is 0 Å². The third-order valence-electron chi connectivity index (χ3n) is 4.34. The zero-order valence-electron chi connectivity index (χ0n) is 14.4. The van der Waals surface area contributed by atoms with Crippen LogP contribution in [-0.4, -0.2) is 41.8 Å². The van der Waals surface area contributed by atoms with Crippen LogP contribution >= 0.6 is 31.9 Å². The number of phenols is 1. The third-order valence-corrected chi connectivity index (χ3v) is 5.64. The second-order valence-corrected chi connectivity index (χ2v) is 8.24. The Labute approximate surface area is 163 Å². The van der Waals surface area contributed by atoms with Crippen LogP contribution in [0.2, 0.25) is 0 Å². The van der Waals surface area contributed by atoms with E-state index in [0.717, 1.165) is 25.9 Å². The number of nitrogens with zero attached hydrogens (tertiary/aromatic N) is 2. The molecule has 0 unspecified atom stereocenters. The predicted octanol–water partition coefficient (Wildman–Crippen LogP) is 3.87. The minimum atomic E-state index is -0.584. The van der Waals surface area contributed by atoms with E-state index in [2.05, 4.69) is 47.3 Å². The van der Waals surface area contributed by atoms with Crippen LogP contribution in [0.1, 0.15) is 32.3 Å². The largest absolute Gasteiger partial charge is 0.506 e. The van der Waals surface area contributed by atoms with Gasteiger partial charge in [-0.1, -0.05) is 13.8 Å². The maximum atomic E-state index is 13.9. The number of amides is 1. The summed E-state index contributed by atoms with van der Waals surface area (Å²) in [5, 5.41) is 14.5. The first-order chi connectivity index (χ1) is 11.7. The molecule has 1 heterocycles. The molecule has 1 aliphatic rings. The number of hydrazone groups is 1. The van der Waals surface area contributed by atoms with Gasteiger partial charge in [-0.05, 0) is 76.8 Å². The zero-order chi connectivity index (χ0) is 18.7. The second-order valence-electron chi connectivity index (χ2n) is 6.59. The molecule has 138 valence electrons. The van der Waals surface area contributed by atoms with E-state index in [1.54, 1.807) is 0 Å². The molecular formula is C17H22Br2FN3O2. The molecule has 0 bridgehead atoms. The number of likely N-dealkylation sites (tertiary alicyclic amines) is 1. The lowest BCUT2D eigenvalue weighted by atomic mass is 9.96. The van der Waals surface area contributed by atoms with Gasteiger partial charge in [0.15, 0.2) is 5.82 Å². The van der Waals surface area contributed by atoms with Crippen molar-refractivity contribution >= 4 is 43.5 Å². The van der Waals surface area contributed by atoms with Crippen LogP contribution in [0, 0.1) is 17.7 Å². The van der Waals surface area contributed by atoms with Gasteiger partial charge >= 0.3 is 0 Å². The van der Waals surface area contributed by atoms with Gasteiger partial charge in [-0.15, -0.1) is 0 Å². The van der Waals surface area contributed by atoms with Crippen LogP contribution in [-0.2, 0) is 4.79 Å². The number of nitrogens with one attached hydrogen (secondary N) is 1. The molecular weight excluding hydrogens is 457 g/mol. The molecule has 1 saturated heterocycles. The van der Waals surface area contributed by atoms with Gasteiger partial charge in [0.25, 0.3) is 0 Å². The summed E-state index contributed by atoms with van der Waals surface area (Å²) in [6, 6.07) is 1.47. The molecule has 0 aliphatic carbocycles. The first kappa shape index (κ1) is 20.3. The Morgan fingerprint density at radius 3 is 2.56 bits per heavy atom. The summed E-state index contributed by atoms with van der Waals surface area (Å²) in [6.07, 6.45) is 1.60. The molecule has 0 saturated carbocycles. The maximum absolute atomic E-state index is 13.9. The smallest absolute Gasteiger partial charge is 0.243 e. The van der Waals surface area contributed by atoms with E-state index in [-0.39, 0.29) is 32.4 Å². The van der Waals surface area contributed by atoms with E-state index in [0.29, 0.717) is 11.3 Å². The summed E-state index contributed by atoms with van der Waals surface area (Å²) in [4.78, 5) is 14.6. The summed E-state index contributed by atoms with van der Waals surface area (Å²) < 4.78 is 14.0. The van der Waals surface area contributed by atoms with Crippen LogP contribution in [0.5, 0.6) is 5.75 Å². The van der Waals surface area contributed by atoms with Gasteiger partial charge in [0.05, 0.1) is 14.7 Å². The van der Waals surface area contributed by atoms with E-state index < -0.39 is 5.82 Å². The number of halogens is 3. The quantitative estimate of drug-likeness (QED) is 0.392. The van der Waals surface area contributed by atoms with E-state index >= 15 is 0 Å². The molecule has 0 spiro atoms. The van der Waals surface area contributed by atoms with Gasteiger partial charge in [0.2, 0.25) is 5.91 Å². The molecule has 1 amide bonds. The first-order valence-corrected chi connectivity index (χ1v) is 9.73. The Bertz CT molecular complexity index is 687. The fourth-order valence-electron chi connectivity index (χ4n) is 2.76. The summed E-state index contributed by atoms with van der Waals surface area (Å²) >= 11 is 6.18. The van der Waals surface area contributed by atoms with Crippen LogP contribution in [0.15, 0.2) is 20.1 Å². The normalized spacial score (nSPS) is 17.2. The van der Waals surface area contributed by atoms with Crippen molar-refractivity contribution in [2.75, 3.05) is 20.1 Å². The van der Waals surface area contributed by atoms with E-state index in [4.69, 9.17) is 0 Å². The lowest BCUT2D eigenvalue weighted by Gasteiger charge is -2.27. The van der Waals surface area contributed by atoms with E-state index in [9.17, 15) is 14.3 Å². The molecule has 5 nitrogen and oxygen atoms in total. The molecule has 1 aromatic rings. The molecule has 2 rings (SSSR count). The lowest BCUT2D eigenvalue weighted by molar-refractivity contribution is -0.126. The van der Waals surface area contributed by atoms with Gasteiger partial charge in [0.1, 0.15) is 5.75 Å². The molecule has 25 heavy (non-hydrogen) atoms. The Hall–Kier alpha value is -0.990. The van der Waals surface area contributed by atoms with Gasteiger partial charge in [-0.2, -0.15) is 5.10 Å². The Morgan fingerprint density at radius 2 is 2.00 bits per heavy atom. The first-order valence-electron chi connectivity index (χ1n) is 8.15. The average molecular weight is 479 g/mol. The van der Waals surface area contributed by atoms with Crippen molar-refractivity contribution in [2.24, 2.45) is 16.9 Å². The van der Waals surface area contributed by atoms with Crippen molar-refractivity contribution in [3.05, 3.63) is 26.4 Å². The van der Waals surface area contributed by atoms with Gasteiger partial charge in [0, 0.05) is 11.5 Å². The highest BCUT2D eigenvalue weighted by atomic mass is 79.9. The fourth-order valence-corrected chi connectivity index (χ4v) is 3.88. The highest BCUT2D eigenvalue weighted by molar-refractivity contribution is 9.11. The van der Waals surface area contributed by atoms with Crippen molar-refractivity contribution in [2.45, 2.75) is 26.7 Å².